The third-order valence-corrected chi connectivity index (χ3v) is 3.03. The molecule has 2 aromatic rings. The van der Waals surface area contributed by atoms with Crippen LogP contribution in [0.15, 0.2) is 36.4 Å². The third kappa shape index (κ3) is 3.51. The van der Waals surface area contributed by atoms with Crippen LogP contribution in [0, 0.1) is 12.7 Å². The van der Waals surface area contributed by atoms with Gasteiger partial charge in [-0.25, -0.2) is 9.18 Å². The summed E-state index contributed by atoms with van der Waals surface area (Å²) in [5, 5.41) is 8.89. The zero-order chi connectivity index (χ0) is 15.4. The van der Waals surface area contributed by atoms with E-state index in [4.69, 9.17) is 14.6 Å². The van der Waals surface area contributed by atoms with Crippen LogP contribution in [0.2, 0.25) is 0 Å². The average Bonchev–Trinajstić information content (AvgIpc) is 2.46. The molecule has 0 saturated carbocycles. The molecule has 5 heteroatoms. The van der Waals surface area contributed by atoms with Gasteiger partial charge in [-0.15, -0.1) is 0 Å². The van der Waals surface area contributed by atoms with Crippen LogP contribution >= 0.6 is 0 Å². The normalized spacial score (nSPS) is 10.2. The second kappa shape index (κ2) is 6.26. The highest BCUT2D eigenvalue weighted by molar-refractivity contribution is 5.88. The van der Waals surface area contributed by atoms with Crippen LogP contribution < -0.4 is 9.47 Å². The van der Waals surface area contributed by atoms with Gasteiger partial charge in [0.2, 0.25) is 0 Å². The highest BCUT2D eigenvalue weighted by Crippen LogP contribution is 2.22. The summed E-state index contributed by atoms with van der Waals surface area (Å²) in [4.78, 5) is 10.8. The first kappa shape index (κ1) is 14.8. The van der Waals surface area contributed by atoms with Crippen molar-refractivity contribution in [1.29, 1.82) is 0 Å². The van der Waals surface area contributed by atoms with E-state index in [-0.39, 0.29) is 17.9 Å². The minimum Gasteiger partial charge on any atom is -0.494 e. The number of aryl methyl sites for hydroxylation is 1. The summed E-state index contributed by atoms with van der Waals surface area (Å²) in [7, 11) is 1.40. The van der Waals surface area contributed by atoms with Gasteiger partial charge < -0.3 is 14.6 Å². The summed E-state index contributed by atoms with van der Waals surface area (Å²) in [5.41, 5.74) is 1.58. The monoisotopic (exact) mass is 290 g/mol. The molecule has 0 aliphatic heterocycles. The highest BCUT2D eigenvalue weighted by atomic mass is 19.1. The number of carboxylic acids is 1. The van der Waals surface area contributed by atoms with Gasteiger partial charge >= 0.3 is 5.97 Å². The first-order chi connectivity index (χ1) is 10.0. The minimum atomic E-state index is -0.984. The molecule has 0 heterocycles. The summed E-state index contributed by atoms with van der Waals surface area (Å²) in [5.74, 6) is -0.685. The van der Waals surface area contributed by atoms with E-state index in [1.165, 1.54) is 31.4 Å². The number of carbonyl (C=O) groups is 1. The average molecular weight is 290 g/mol. The van der Waals surface area contributed by atoms with Gasteiger partial charge in [-0.3, -0.25) is 0 Å². The Morgan fingerprint density at radius 3 is 2.48 bits per heavy atom. The lowest BCUT2D eigenvalue weighted by atomic mass is 10.1. The van der Waals surface area contributed by atoms with E-state index >= 15 is 0 Å². The second-order valence-electron chi connectivity index (χ2n) is 4.54. The van der Waals surface area contributed by atoms with Crippen LogP contribution in [-0.2, 0) is 6.61 Å². The van der Waals surface area contributed by atoms with E-state index in [9.17, 15) is 9.18 Å². The molecule has 2 aromatic carbocycles. The summed E-state index contributed by atoms with van der Waals surface area (Å²) in [6, 6.07) is 9.20. The molecule has 0 radical (unpaired) electrons. The molecule has 21 heavy (non-hydrogen) atoms. The fraction of sp³-hybridized carbons (Fsp3) is 0.188. The quantitative estimate of drug-likeness (QED) is 0.916. The van der Waals surface area contributed by atoms with Crippen LogP contribution in [0.1, 0.15) is 21.5 Å². The van der Waals surface area contributed by atoms with Crippen LogP contribution in [-0.4, -0.2) is 18.2 Å². The van der Waals surface area contributed by atoms with Crippen molar-refractivity contribution < 1.29 is 23.8 Å². The minimum absolute atomic E-state index is 0.181. The van der Waals surface area contributed by atoms with Crippen LogP contribution in [0.5, 0.6) is 11.5 Å². The second-order valence-corrected chi connectivity index (χ2v) is 4.54. The van der Waals surface area contributed by atoms with Crippen molar-refractivity contribution >= 4 is 5.97 Å². The molecule has 0 aliphatic carbocycles. The Kier molecular flexibility index (Phi) is 4.42. The Balaban J connectivity index is 2.09. The molecule has 0 aromatic heterocycles. The van der Waals surface area contributed by atoms with Crippen molar-refractivity contribution in [3.63, 3.8) is 0 Å². The van der Waals surface area contributed by atoms with Gasteiger partial charge in [0.05, 0.1) is 12.7 Å². The number of benzene rings is 2. The first-order valence-electron chi connectivity index (χ1n) is 6.30. The van der Waals surface area contributed by atoms with E-state index < -0.39 is 11.8 Å². The van der Waals surface area contributed by atoms with Gasteiger partial charge in [0, 0.05) is 0 Å². The predicted octanol–water partition coefficient (Wildman–Crippen LogP) is 3.42. The molecular formula is C16H15FO4. The van der Waals surface area contributed by atoms with E-state index in [0.717, 1.165) is 0 Å². The molecule has 110 valence electrons. The van der Waals surface area contributed by atoms with Gasteiger partial charge in [-0.1, -0.05) is 6.07 Å². The third-order valence-electron chi connectivity index (χ3n) is 3.03. The molecule has 2 rings (SSSR count). The molecule has 0 amide bonds. The van der Waals surface area contributed by atoms with Gasteiger partial charge in [-0.05, 0) is 48.4 Å². The summed E-state index contributed by atoms with van der Waals surface area (Å²) < 4.78 is 24.0. The van der Waals surface area contributed by atoms with E-state index in [0.29, 0.717) is 16.9 Å². The van der Waals surface area contributed by atoms with E-state index in [2.05, 4.69) is 0 Å². The molecule has 0 spiro atoms. The van der Waals surface area contributed by atoms with Crippen LogP contribution in [0.25, 0.3) is 0 Å². The zero-order valence-corrected chi connectivity index (χ0v) is 11.7. The van der Waals surface area contributed by atoms with Crippen molar-refractivity contribution in [1.82, 2.24) is 0 Å². The lowest BCUT2D eigenvalue weighted by molar-refractivity contribution is 0.0696. The van der Waals surface area contributed by atoms with Crippen molar-refractivity contribution in [2.45, 2.75) is 13.5 Å². The molecule has 0 unspecified atom stereocenters. The van der Waals surface area contributed by atoms with Gasteiger partial charge in [0.25, 0.3) is 0 Å². The molecular weight excluding hydrogens is 275 g/mol. The number of hydrogen-bond donors (Lipinski definition) is 1. The number of methoxy groups -OCH3 is 1. The Labute approximate surface area is 121 Å². The topological polar surface area (TPSA) is 55.8 Å². The van der Waals surface area contributed by atoms with Crippen LogP contribution in [0.4, 0.5) is 4.39 Å². The van der Waals surface area contributed by atoms with Gasteiger partial charge in [0.15, 0.2) is 11.6 Å². The van der Waals surface area contributed by atoms with Crippen molar-refractivity contribution in [2.24, 2.45) is 0 Å². The maximum absolute atomic E-state index is 13.6. The molecule has 0 fully saturated rings. The maximum Gasteiger partial charge on any atom is 0.335 e. The largest absolute Gasteiger partial charge is 0.494 e. The Morgan fingerprint density at radius 1 is 1.19 bits per heavy atom. The van der Waals surface area contributed by atoms with Gasteiger partial charge in [-0.2, -0.15) is 0 Å². The van der Waals surface area contributed by atoms with Gasteiger partial charge in [0.1, 0.15) is 12.4 Å². The molecule has 0 bridgehead atoms. The fourth-order valence-electron chi connectivity index (χ4n) is 1.91. The predicted molar refractivity (Wildman–Crippen MR) is 75.4 cm³/mol. The van der Waals surface area contributed by atoms with Crippen molar-refractivity contribution in [3.05, 3.63) is 58.9 Å². The SMILES string of the molecule is COc1ccc(COc2ccc(C(=O)O)cc2C)cc1F. The molecule has 0 atom stereocenters. The Morgan fingerprint density at radius 2 is 1.90 bits per heavy atom. The Bertz CT molecular complexity index is 667. The molecule has 1 N–H and O–H groups in total. The number of carboxylic acid groups (broad SMARTS) is 1. The smallest absolute Gasteiger partial charge is 0.335 e. The fourth-order valence-corrected chi connectivity index (χ4v) is 1.91. The number of aromatic carboxylic acids is 1. The molecule has 0 aliphatic rings. The number of halogens is 1. The van der Waals surface area contributed by atoms with E-state index in [1.54, 1.807) is 19.1 Å². The lowest BCUT2D eigenvalue weighted by Gasteiger charge is -2.10. The Hall–Kier alpha value is -2.56. The van der Waals surface area contributed by atoms with E-state index in [1.807, 2.05) is 0 Å². The molecule has 0 saturated heterocycles. The summed E-state index contributed by atoms with van der Waals surface area (Å²) in [6.07, 6.45) is 0. The van der Waals surface area contributed by atoms with Crippen LogP contribution in [0.3, 0.4) is 0 Å². The summed E-state index contributed by atoms with van der Waals surface area (Å²) >= 11 is 0. The zero-order valence-electron chi connectivity index (χ0n) is 11.7. The maximum atomic E-state index is 13.6. The lowest BCUT2D eigenvalue weighted by Crippen LogP contribution is -2.01. The number of hydrogen-bond acceptors (Lipinski definition) is 3. The number of ether oxygens (including phenoxy) is 2. The molecule has 4 nitrogen and oxygen atoms in total. The first-order valence-corrected chi connectivity index (χ1v) is 6.30. The highest BCUT2D eigenvalue weighted by Gasteiger charge is 2.08. The summed E-state index contributed by atoms with van der Waals surface area (Å²) in [6.45, 7) is 1.95. The number of rotatable bonds is 5. The standard InChI is InChI=1S/C16H15FO4/c1-10-7-12(16(18)19)4-6-14(10)21-9-11-3-5-15(20-2)13(17)8-11/h3-8H,9H2,1-2H3,(H,18,19). The van der Waals surface area contributed by atoms with Crippen molar-refractivity contribution in [2.75, 3.05) is 7.11 Å². The van der Waals surface area contributed by atoms with Crippen molar-refractivity contribution in [3.8, 4) is 11.5 Å².